The van der Waals surface area contributed by atoms with E-state index < -0.39 is 20.5 Å². The van der Waals surface area contributed by atoms with Crippen LogP contribution in [0.15, 0.2) is 36.9 Å². The molecule has 0 unspecified atom stereocenters. The van der Waals surface area contributed by atoms with Crippen LogP contribution in [0.3, 0.4) is 0 Å². The lowest BCUT2D eigenvalue weighted by molar-refractivity contribution is 0.0498. The van der Waals surface area contributed by atoms with Crippen LogP contribution in [0.1, 0.15) is 27.1 Å². The van der Waals surface area contributed by atoms with E-state index in [9.17, 15) is 9.59 Å². The molecule has 0 radical (unpaired) electrons. The van der Waals surface area contributed by atoms with Crippen molar-refractivity contribution in [3.63, 3.8) is 0 Å². The van der Waals surface area contributed by atoms with Gasteiger partial charge in [-0.25, -0.2) is 9.59 Å². The van der Waals surface area contributed by atoms with Crippen molar-refractivity contribution in [2.45, 2.75) is 19.0 Å². The van der Waals surface area contributed by atoms with Crippen molar-refractivity contribution >= 4 is 20.5 Å². The topological polar surface area (TPSA) is 71.1 Å². The molecule has 0 aliphatic rings. The molecule has 1 aromatic rings. The van der Waals surface area contributed by atoms with E-state index in [1.165, 1.54) is 30.3 Å². The molecular formula is C17H24O6Si. The molecule has 1 rings (SSSR count). The largest absolute Gasteiger partial charge is 0.462 e. The predicted molar refractivity (Wildman–Crippen MR) is 92.3 cm³/mol. The Morgan fingerprint density at radius 1 is 1.04 bits per heavy atom. The maximum atomic E-state index is 12.0. The molecule has 0 heterocycles. The highest BCUT2D eigenvalue weighted by Crippen LogP contribution is 2.14. The van der Waals surface area contributed by atoms with Crippen LogP contribution in [0.2, 0.25) is 12.6 Å². The molecule has 132 valence electrons. The Kier molecular flexibility index (Phi) is 8.38. The Balaban J connectivity index is 2.45. The van der Waals surface area contributed by atoms with Gasteiger partial charge >= 0.3 is 20.5 Å². The molecular weight excluding hydrogens is 328 g/mol. The van der Waals surface area contributed by atoms with Crippen molar-refractivity contribution in [2.75, 3.05) is 27.4 Å². The molecule has 0 fully saturated rings. The van der Waals surface area contributed by atoms with Crippen LogP contribution in [0.4, 0.5) is 0 Å². The summed E-state index contributed by atoms with van der Waals surface area (Å²) in [5.41, 5.74) is 0.754. The number of carbonyl (C=O) groups is 2. The molecule has 0 saturated heterocycles. The van der Waals surface area contributed by atoms with Gasteiger partial charge in [-0.05, 0) is 43.3 Å². The van der Waals surface area contributed by atoms with Crippen LogP contribution in [-0.2, 0) is 18.3 Å². The number of rotatable bonds is 10. The summed E-state index contributed by atoms with van der Waals surface area (Å²) in [5, 5.41) is 0. The second kappa shape index (κ2) is 10.0. The van der Waals surface area contributed by atoms with Gasteiger partial charge in [0.2, 0.25) is 0 Å². The molecule has 0 saturated carbocycles. The third-order valence-corrected chi connectivity index (χ3v) is 6.55. The average Bonchev–Trinajstić information content (AvgIpc) is 2.63. The molecule has 0 aliphatic carbocycles. The van der Waals surface area contributed by atoms with E-state index in [0.29, 0.717) is 17.5 Å². The third kappa shape index (κ3) is 6.27. The minimum atomic E-state index is -2.13. The minimum absolute atomic E-state index is 0.147. The zero-order valence-electron chi connectivity index (χ0n) is 14.4. The quantitative estimate of drug-likeness (QED) is 0.279. The number of ether oxygens (including phenoxy) is 2. The standard InChI is InChI=1S/C17H24O6Si/c1-5-11-22-16(18)14-7-9-15(10-8-14)17(19)23-12-6-13-24(4,20-2)21-3/h5,7-10H,1,6,11-13H2,2-4H3. The molecule has 0 aromatic heterocycles. The van der Waals surface area contributed by atoms with Gasteiger partial charge < -0.3 is 18.3 Å². The average molecular weight is 352 g/mol. The van der Waals surface area contributed by atoms with Gasteiger partial charge in [0.25, 0.3) is 0 Å². The van der Waals surface area contributed by atoms with E-state index >= 15 is 0 Å². The molecule has 1 aromatic carbocycles. The number of esters is 2. The molecule has 0 aliphatic heterocycles. The monoisotopic (exact) mass is 352 g/mol. The highest BCUT2D eigenvalue weighted by molar-refractivity contribution is 6.65. The van der Waals surface area contributed by atoms with Crippen LogP contribution in [0.5, 0.6) is 0 Å². The van der Waals surface area contributed by atoms with E-state index in [1.54, 1.807) is 14.2 Å². The van der Waals surface area contributed by atoms with Gasteiger partial charge in [0.1, 0.15) is 6.61 Å². The van der Waals surface area contributed by atoms with E-state index in [-0.39, 0.29) is 13.2 Å². The predicted octanol–water partition coefficient (Wildman–Crippen LogP) is 2.94. The Morgan fingerprint density at radius 2 is 1.54 bits per heavy atom. The lowest BCUT2D eigenvalue weighted by Crippen LogP contribution is -2.36. The molecule has 0 bridgehead atoms. The number of carbonyl (C=O) groups excluding carboxylic acids is 2. The summed E-state index contributed by atoms with van der Waals surface area (Å²) in [4.78, 5) is 23.6. The molecule has 6 nitrogen and oxygen atoms in total. The molecule has 7 heteroatoms. The lowest BCUT2D eigenvalue weighted by Gasteiger charge is -2.22. The fourth-order valence-electron chi connectivity index (χ4n) is 1.89. The summed E-state index contributed by atoms with van der Waals surface area (Å²) >= 11 is 0. The maximum Gasteiger partial charge on any atom is 0.338 e. The zero-order valence-corrected chi connectivity index (χ0v) is 15.4. The first-order chi connectivity index (χ1) is 11.5. The number of benzene rings is 1. The third-order valence-electron chi connectivity index (χ3n) is 3.56. The van der Waals surface area contributed by atoms with Crippen LogP contribution in [0, 0.1) is 0 Å². The first kappa shape index (κ1) is 20.1. The Hall–Kier alpha value is -1.96. The molecule has 0 atom stereocenters. The summed E-state index contributed by atoms with van der Waals surface area (Å²) in [6.45, 7) is 5.87. The summed E-state index contributed by atoms with van der Waals surface area (Å²) in [6.07, 6.45) is 2.16. The number of hydrogen-bond acceptors (Lipinski definition) is 6. The molecule has 0 spiro atoms. The van der Waals surface area contributed by atoms with E-state index in [0.717, 1.165) is 6.04 Å². The first-order valence-corrected chi connectivity index (χ1v) is 10.1. The van der Waals surface area contributed by atoms with Gasteiger partial charge in [0.15, 0.2) is 0 Å². The molecule has 0 N–H and O–H groups in total. The van der Waals surface area contributed by atoms with Gasteiger partial charge in [-0.15, -0.1) is 0 Å². The Labute approximate surface area is 143 Å². The summed E-state index contributed by atoms with van der Waals surface area (Å²) < 4.78 is 20.9. The van der Waals surface area contributed by atoms with Gasteiger partial charge in [-0.3, -0.25) is 0 Å². The Bertz CT molecular complexity index is 551. The van der Waals surface area contributed by atoms with Crippen molar-refractivity contribution in [1.82, 2.24) is 0 Å². The lowest BCUT2D eigenvalue weighted by atomic mass is 10.1. The van der Waals surface area contributed by atoms with Crippen LogP contribution in [-0.4, -0.2) is 47.9 Å². The van der Waals surface area contributed by atoms with Crippen molar-refractivity contribution < 1.29 is 27.9 Å². The second-order valence-corrected chi connectivity index (χ2v) is 8.83. The van der Waals surface area contributed by atoms with E-state index in [1.807, 2.05) is 6.55 Å². The van der Waals surface area contributed by atoms with Gasteiger partial charge in [0.05, 0.1) is 17.7 Å². The van der Waals surface area contributed by atoms with E-state index in [2.05, 4.69) is 6.58 Å². The summed E-state index contributed by atoms with van der Waals surface area (Å²) in [5.74, 6) is -0.891. The van der Waals surface area contributed by atoms with Gasteiger partial charge in [-0.1, -0.05) is 12.7 Å². The van der Waals surface area contributed by atoms with Crippen LogP contribution >= 0.6 is 0 Å². The smallest absolute Gasteiger partial charge is 0.338 e. The highest BCUT2D eigenvalue weighted by atomic mass is 28.4. The van der Waals surface area contributed by atoms with Crippen molar-refractivity contribution in [2.24, 2.45) is 0 Å². The fraction of sp³-hybridized carbons (Fsp3) is 0.412. The number of hydrogen-bond donors (Lipinski definition) is 0. The second-order valence-electron chi connectivity index (χ2n) is 5.25. The summed E-state index contributed by atoms with van der Waals surface area (Å²) in [6, 6.07) is 6.87. The minimum Gasteiger partial charge on any atom is -0.462 e. The van der Waals surface area contributed by atoms with Crippen molar-refractivity contribution in [3.8, 4) is 0 Å². The normalized spacial score (nSPS) is 11.0. The highest BCUT2D eigenvalue weighted by Gasteiger charge is 2.27. The zero-order chi connectivity index (χ0) is 18.0. The first-order valence-electron chi connectivity index (χ1n) is 7.61. The van der Waals surface area contributed by atoms with Gasteiger partial charge in [-0.2, -0.15) is 0 Å². The molecule has 24 heavy (non-hydrogen) atoms. The van der Waals surface area contributed by atoms with Crippen molar-refractivity contribution in [3.05, 3.63) is 48.0 Å². The maximum absolute atomic E-state index is 12.0. The Morgan fingerprint density at radius 3 is 2.00 bits per heavy atom. The van der Waals surface area contributed by atoms with Gasteiger partial charge in [0, 0.05) is 14.2 Å². The molecule has 0 amide bonds. The van der Waals surface area contributed by atoms with E-state index in [4.69, 9.17) is 18.3 Å². The fourth-order valence-corrected chi connectivity index (χ4v) is 3.25. The van der Waals surface area contributed by atoms with Crippen LogP contribution in [0.25, 0.3) is 0 Å². The van der Waals surface area contributed by atoms with Crippen molar-refractivity contribution in [1.29, 1.82) is 0 Å². The van der Waals surface area contributed by atoms with Crippen LogP contribution < -0.4 is 0 Å². The summed E-state index contributed by atoms with van der Waals surface area (Å²) in [7, 11) is 1.13. The SMILES string of the molecule is C=CCOC(=O)c1ccc(C(=O)OCCC[Si](C)(OC)OC)cc1.